The highest BCUT2D eigenvalue weighted by molar-refractivity contribution is 5.99. The molecule has 102 valence electrons. The van der Waals surface area contributed by atoms with Crippen LogP contribution in [0.1, 0.15) is 23.1 Å². The molecular weight excluding hydrogens is 262 g/mol. The summed E-state index contributed by atoms with van der Waals surface area (Å²) in [6.45, 7) is 0.793. The number of amides is 1. The van der Waals surface area contributed by atoms with Crippen molar-refractivity contribution in [3.05, 3.63) is 47.3 Å². The molecule has 0 radical (unpaired) electrons. The van der Waals surface area contributed by atoms with Gasteiger partial charge in [0.15, 0.2) is 0 Å². The number of carbonyl (C=O) groups excluding carboxylic acids is 1. The van der Waals surface area contributed by atoms with Gasteiger partial charge in [0.2, 0.25) is 5.91 Å². The Morgan fingerprint density at radius 1 is 1.05 bits per heavy atom. The summed E-state index contributed by atoms with van der Waals surface area (Å²) in [5, 5.41) is 9.00. The lowest BCUT2D eigenvalue weighted by atomic mass is 9.94. The smallest absolute Gasteiger partial charge is 0.227 e. The summed E-state index contributed by atoms with van der Waals surface area (Å²) >= 11 is 0. The van der Waals surface area contributed by atoms with Crippen LogP contribution in [0.2, 0.25) is 0 Å². The molecule has 0 unspecified atom stereocenters. The van der Waals surface area contributed by atoms with Gasteiger partial charge in [0.25, 0.3) is 0 Å². The van der Waals surface area contributed by atoms with Crippen LogP contribution in [0, 0.1) is 11.3 Å². The van der Waals surface area contributed by atoms with E-state index in [9.17, 15) is 4.79 Å². The Morgan fingerprint density at radius 2 is 1.86 bits per heavy atom. The molecule has 3 heterocycles. The zero-order valence-electron chi connectivity index (χ0n) is 11.5. The van der Waals surface area contributed by atoms with E-state index in [-0.39, 0.29) is 5.91 Å². The highest BCUT2D eigenvalue weighted by Gasteiger charge is 2.31. The summed E-state index contributed by atoms with van der Waals surface area (Å²) in [7, 11) is 0. The van der Waals surface area contributed by atoms with Gasteiger partial charge in [-0.05, 0) is 47.7 Å². The third-order valence-corrected chi connectivity index (χ3v) is 4.25. The van der Waals surface area contributed by atoms with Crippen LogP contribution in [0.15, 0.2) is 30.6 Å². The van der Waals surface area contributed by atoms with Gasteiger partial charge in [0.1, 0.15) is 6.07 Å². The number of pyridine rings is 1. The van der Waals surface area contributed by atoms with Crippen molar-refractivity contribution >= 4 is 11.6 Å². The van der Waals surface area contributed by atoms with E-state index in [1.54, 1.807) is 12.4 Å². The average molecular weight is 275 g/mol. The summed E-state index contributed by atoms with van der Waals surface area (Å²) < 4.78 is 0. The maximum Gasteiger partial charge on any atom is 0.227 e. The Hall–Kier alpha value is -2.67. The molecule has 1 aromatic carbocycles. The highest BCUT2D eigenvalue weighted by Crippen LogP contribution is 2.39. The van der Waals surface area contributed by atoms with Crippen LogP contribution in [0.3, 0.4) is 0 Å². The van der Waals surface area contributed by atoms with Gasteiger partial charge in [0, 0.05) is 30.9 Å². The number of benzene rings is 1. The predicted octanol–water partition coefficient (Wildman–Crippen LogP) is 2.46. The van der Waals surface area contributed by atoms with Gasteiger partial charge in [-0.3, -0.25) is 9.78 Å². The number of nitriles is 1. The predicted molar refractivity (Wildman–Crippen MR) is 78.8 cm³/mol. The average Bonchev–Trinajstić information content (AvgIpc) is 2.96. The van der Waals surface area contributed by atoms with Crippen LogP contribution in [-0.2, 0) is 17.6 Å². The molecule has 0 spiro atoms. The monoisotopic (exact) mass is 275 g/mol. The molecule has 4 nitrogen and oxygen atoms in total. The van der Waals surface area contributed by atoms with Crippen molar-refractivity contribution in [3.63, 3.8) is 0 Å². The number of anilines is 1. The molecule has 4 heteroatoms. The zero-order chi connectivity index (χ0) is 14.4. The maximum absolute atomic E-state index is 11.9. The number of rotatable bonds is 1. The standard InChI is InChI=1S/C17H13N3O/c18-8-11-5-15(10-19-9-11)14-6-12-1-2-16(21)20-4-3-13(7-14)17(12)20/h5-7,9-10H,1-4H2. The van der Waals surface area contributed by atoms with Crippen molar-refractivity contribution in [2.75, 3.05) is 11.4 Å². The Labute approximate surface area is 122 Å². The number of carbonyl (C=O) groups is 1. The quantitative estimate of drug-likeness (QED) is 0.803. The van der Waals surface area contributed by atoms with Crippen LogP contribution in [-0.4, -0.2) is 17.4 Å². The molecule has 2 aliphatic rings. The minimum Gasteiger partial charge on any atom is -0.312 e. The topological polar surface area (TPSA) is 57.0 Å². The van der Waals surface area contributed by atoms with Crippen LogP contribution in [0.5, 0.6) is 0 Å². The second-order valence-electron chi connectivity index (χ2n) is 5.51. The van der Waals surface area contributed by atoms with Crippen LogP contribution < -0.4 is 4.90 Å². The molecule has 0 N–H and O–H groups in total. The highest BCUT2D eigenvalue weighted by atomic mass is 16.2. The van der Waals surface area contributed by atoms with E-state index in [1.807, 2.05) is 11.0 Å². The lowest BCUT2D eigenvalue weighted by Crippen LogP contribution is -2.32. The first-order valence-corrected chi connectivity index (χ1v) is 7.08. The summed E-state index contributed by atoms with van der Waals surface area (Å²) in [6, 6.07) is 8.27. The molecule has 4 rings (SSSR count). The summed E-state index contributed by atoms with van der Waals surface area (Å²) in [6.07, 6.45) is 5.66. The molecule has 0 atom stereocenters. The van der Waals surface area contributed by atoms with Crippen molar-refractivity contribution < 1.29 is 4.79 Å². The van der Waals surface area contributed by atoms with Crippen molar-refractivity contribution in [2.24, 2.45) is 0 Å². The van der Waals surface area contributed by atoms with Gasteiger partial charge in [-0.2, -0.15) is 5.26 Å². The molecule has 0 saturated carbocycles. The molecule has 21 heavy (non-hydrogen) atoms. The molecule has 2 aliphatic heterocycles. The zero-order valence-corrected chi connectivity index (χ0v) is 11.5. The summed E-state index contributed by atoms with van der Waals surface area (Å²) in [5.74, 6) is 0.238. The molecule has 2 aromatic rings. The van der Waals surface area contributed by atoms with E-state index in [1.165, 1.54) is 11.1 Å². The fraction of sp³-hybridized carbons (Fsp3) is 0.235. The minimum absolute atomic E-state index is 0.238. The minimum atomic E-state index is 0.238. The largest absolute Gasteiger partial charge is 0.312 e. The van der Waals surface area contributed by atoms with E-state index in [4.69, 9.17) is 5.26 Å². The van der Waals surface area contributed by atoms with Crippen LogP contribution in [0.25, 0.3) is 11.1 Å². The van der Waals surface area contributed by atoms with E-state index in [2.05, 4.69) is 23.2 Å². The molecule has 1 aromatic heterocycles. The molecule has 0 aliphatic carbocycles. The van der Waals surface area contributed by atoms with E-state index >= 15 is 0 Å². The number of aryl methyl sites for hydroxylation is 1. The van der Waals surface area contributed by atoms with Crippen molar-refractivity contribution in [1.82, 2.24) is 4.98 Å². The molecule has 0 bridgehead atoms. The van der Waals surface area contributed by atoms with Gasteiger partial charge in [-0.15, -0.1) is 0 Å². The summed E-state index contributed by atoms with van der Waals surface area (Å²) in [5.41, 5.74) is 6.21. The first kappa shape index (κ1) is 12.1. The third-order valence-electron chi connectivity index (χ3n) is 4.25. The molecule has 0 saturated heterocycles. The van der Waals surface area contributed by atoms with Crippen LogP contribution >= 0.6 is 0 Å². The Morgan fingerprint density at radius 3 is 2.67 bits per heavy atom. The van der Waals surface area contributed by atoms with Crippen molar-refractivity contribution in [2.45, 2.75) is 19.3 Å². The lowest BCUT2D eigenvalue weighted by Gasteiger charge is -2.25. The van der Waals surface area contributed by atoms with Crippen molar-refractivity contribution in [3.8, 4) is 17.2 Å². The van der Waals surface area contributed by atoms with Crippen molar-refractivity contribution in [1.29, 1.82) is 5.26 Å². The third kappa shape index (κ3) is 1.82. The van der Waals surface area contributed by atoms with E-state index in [0.717, 1.165) is 36.2 Å². The van der Waals surface area contributed by atoms with Gasteiger partial charge in [0.05, 0.1) is 11.3 Å². The number of hydrogen-bond acceptors (Lipinski definition) is 3. The Kier molecular flexibility index (Phi) is 2.55. The first-order chi connectivity index (χ1) is 10.3. The van der Waals surface area contributed by atoms with Crippen LogP contribution in [0.4, 0.5) is 5.69 Å². The molecular formula is C17H13N3O. The van der Waals surface area contributed by atoms with E-state index in [0.29, 0.717) is 12.0 Å². The Bertz CT molecular complexity index is 804. The number of hydrogen-bond donors (Lipinski definition) is 0. The fourth-order valence-electron chi connectivity index (χ4n) is 3.28. The normalized spacial score (nSPS) is 15.8. The lowest BCUT2D eigenvalue weighted by molar-refractivity contribution is -0.118. The second-order valence-corrected chi connectivity index (χ2v) is 5.51. The first-order valence-electron chi connectivity index (χ1n) is 7.08. The number of aromatic nitrogens is 1. The fourth-order valence-corrected chi connectivity index (χ4v) is 3.28. The Balaban J connectivity index is 1.86. The summed E-state index contributed by atoms with van der Waals surface area (Å²) in [4.78, 5) is 18.0. The van der Waals surface area contributed by atoms with E-state index < -0.39 is 0 Å². The second kappa shape index (κ2) is 4.42. The van der Waals surface area contributed by atoms with Gasteiger partial charge < -0.3 is 4.90 Å². The molecule has 0 fully saturated rings. The SMILES string of the molecule is N#Cc1cncc(-c2cc3c4c(c2)CCN4C(=O)CC3)c1. The van der Waals surface area contributed by atoms with Gasteiger partial charge in [-0.25, -0.2) is 0 Å². The number of nitrogens with zero attached hydrogens (tertiary/aromatic N) is 3. The van der Waals surface area contributed by atoms with Gasteiger partial charge in [-0.1, -0.05) is 0 Å². The maximum atomic E-state index is 11.9. The van der Waals surface area contributed by atoms with Gasteiger partial charge >= 0.3 is 0 Å². The molecule has 1 amide bonds.